The van der Waals surface area contributed by atoms with Gasteiger partial charge in [-0.1, -0.05) is 17.7 Å². The number of hydrazine groups is 1. The fourth-order valence-corrected chi connectivity index (χ4v) is 2.70. The topological polar surface area (TPSA) is 135 Å². The maximum absolute atomic E-state index is 13.0. The second kappa shape index (κ2) is 7.30. The number of fused-ring (bicyclic) bond motifs is 1. The molecule has 1 amide bonds. The van der Waals surface area contributed by atoms with Crippen molar-refractivity contribution in [1.82, 2.24) is 15.5 Å². The van der Waals surface area contributed by atoms with Crippen molar-refractivity contribution in [3.63, 3.8) is 0 Å². The van der Waals surface area contributed by atoms with Crippen LogP contribution >= 0.6 is 11.6 Å². The van der Waals surface area contributed by atoms with Crippen LogP contribution < -0.4 is 22.0 Å². The average molecular weight is 374 g/mol. The summed E-state index contributed by atoms with van der Waals surface area (Å²) in [6, 6.07) is 11.6. The maximum atomic E-state index is 13.0. The molecule has 0 bridgehead atoms. The highest BCUT2D eigenvalue weighted by Gasteiger charge is 2.20. The number of hydrazone groups is 1. The molecular formula is C16H16ClN7O2. The third-order valence-corrected chi connectivity index (χ3v) is 3.92. The molecule has 0 unspecified atom stereocenters. The van der Waals surface area contributed by atoms with Crippen molar-refractivity contribution in [3.8, 4) is 0 Å². The van der Waals surface area contributed by atoms with Crippen LogP contribution in [0.4, 0.5) is 5.69 Å². The van der Waals surface area contributed by atoms with Crippen molar-refractivity contribution in [1.29, 1.82) is 0 Å². The highest BCUT2D eigenvalue weighted by atomic mass is 35.5. The van der Waals surface area contributed by atoms with Crippen molar-refractivity contribution in [2.24, 2.45) is 16.7 Å². The summed E-state index contributed by atoms with van der Waals surface area (Å²) in [6.45, 7) is -0.00564. The molecule has 0 spiro atoms. The van der Waals surface area contributed by atoms with Crippen LogP contribution in [0.1, 0.15) is 10.4 Å². The van der Waals surface area contributed by atoms with E-state index in [1.807, 2.05) is 0 Å². The summed E-state index contributed by atoms with van der Waals surface area (Å²) >= 11 is 5.99. The first-order valence-electron chi connectivity index (χ1n) is 7.51. The van der Waals surface area contributed by atoms with Gasteiger partial charge in [-0.2, -0.15) is 5.10 Å². The molecule has 0 aliphatic heterocycles. The van der Waals surface area contributed by atoms with Gasteiger partial charge in [0.25, 0.3) is 5.91 Å². The highest BCUT2D eigenvalue weighted by molar-refractivity contribution is 6.31. The number of aromatic nitrogens is 2. The van der Waals surface area contributed by atoms with E-state index in [1.165, 1.54) is 11.1 Å². The quantitative estimate of drug-likeness (QED) is 0.175. The molecule has 3 rings (SSSR count). The lowest BCUT2D eigenvalue weighted by Gasteiger charge is -2.23. The summed E-state index contributed by atoms with van der Waals surface area (Å²) in [5, 5.41) is 18.2. The molecule has 2 aromatic carbocycles. The number of hydrogen-bond acceptors (Lipinski definition) is 6. The van der Waals surface area contributed by atoms with E-state index >= 15 is 0 Å². The molecule has 3 aromatic rings. The van der Waals surface area contributed by atoms with E-state index < -0.39 is 0 Å². The van der Waals surface area contributed by atoms with Crippen LogP contribution in [-0.2, 0) is 0 Å². The number of carbonyl (C=O) groups is 1. The molecule has 26 heavy (non-hydrogen) atoms. The number of nitrogens with one attached hydrogen (secondary N) is 1. The van der Waals surface area contributed by atoms with Crippen LogP contribution in [0.2, 0.25) is 5.02 Å². The van der Waals surface area contributed by atoms with Crippen molar-refractivity contribution < 1.29 is 10.0 Å². The number of amidine groups is 1. The molecule has 1 aromatic heterocycles. The number of halogens is 1. The first-order chi connectivity index (χ1) is 12.5. The fraction of sp³-hybridized carbons (Fsp3) is 0.0625. The third-order valence-electron chi connectivity index (χ3n) is 3.69. The van der Waals surface area contributed by atoms with Gasteiger partial charge < -0.3 is 15.8 Å². The molecule has 0 saturated carbocycles. The van der Waals surface area contributed by atoms with Gasteiger partial charge in [0.05, 0.1) is 12.7 Å². The normalized spacial score (nSPS) is 11.5. The monoisotopic (exact) mass is 373 g/mol. The molecule has 0 radical (unpaired) electrons. The van der Waals surface area contributed by atoms with Crippen LogP contribution in [-0.4, -0.2) is 33.4 Å². The van der Waals surface area contributed by atoms with E-state index in [2.05, 4.69) is 15.7 Å². The Morgan fingerprint density at radius 1 is 1.35 bits per heavy atom. The van der Waals surface area contributed by atoms with E-state index in [4.69, 9.17) is 23.2 Å². The van der Waals surface area contributed by atoms with Gasteiger partial charge in [-0.05, 0) is 36.4 Å². The largest absolute Gasteiger partial charge is 0.411 e. The van der Waals surface area contributed by atoms with E-state index in [0.29, 0.717) is 27.2 Å². The zero-order valence-corrected chi connectivity index (χ0v) is 14.3. The summed E-state index contributed by atoms with van der Waals surface area (Å²) in [6.07, 6.45) is 1.49. The first kappa shape index (κ1) is 17.5. The van der Waals surface area contributed by atoms with Crippen LogP contribution in [0.25, 0.3) is 10.9 Å². The van der Waals surface area contributed by atoms with Crippen molar-refractivity contribution in [3.05, 3.63) is 59.2 Å². The van der Waals surface area contributed by atoms with Gasteiger partial charge in [-0.25, -0.2) is 11.4 Å². The van der Waals surface area contributed by atoms with Crippen molar-refractivity contribution in [2.75, 3.05) is 11.4 Å². The average Bonchev–Trinajstić information content (AvgIpc) is 3.00. The molecule has 6 N–H and O–H groups in total. The highest BCUT2D eigenvalue weighted by Crippen LogP contribution is 2.24. The summed E-state index contributed by atoms with van der Waals surface area (Å²) in [4.78, 5) is 15.2. The van der Waals surface area contributed by atoms with Gasteiger partial charge in [0.15, 0.2) is 0 Å². The van der Waals surface area contributed by atoms with Crippen molar-refractivity contribution >= 4 is 39.9 Å². The molecule has 134 valence electrons. The predicted molar refractivity (Wildman–Crippen MR) is 99.0 cm³/mol. The van der Waals surface area contributed by atoms with E-state index in [9.17, 15) is 10.0 Å². The lowest BCUT2D eigenvalue weighted by atomic mass is 10.1. The summed E-state index contributed by atoms with van der Waals surface area (Å²) < 4.78 is 0. The lowest BCUT2D eigenvalue weighted by Crippen LogP contribution is -2.40. The van der Waals surface area contributed by atoms with Crippen LogP contribution in [0.3, 0.4) is 0 Å². The summed E-state index contributed by atoms with van der Waals surface area (Å²) in [7, 11) is 0. The lowest BCUT2D eigenvalue weighted by molar-refractivity contribution is 0.0990. The van der Waals surface area contributed by atoms with Gasteiger partial charge >= 0.3 is 0 Å². The van der Waals surface area contributed by atoms with Gasteiger partial charge in [0.1, 0.15) is 11.4 Å². The van der Waals surface area contributed by atoms with Crippen LogP contribution in [0.5, 0.6) is 0 Å². The Balaban J connectivity index is 2.03. The Kier molecular flexibility index (Phi) is 4.92. The number of anilines is 1. The Bertz CT molecular complexity index is 986. The number of rotatable bonds is 5. The first-order valence-corrected chi connectivity index (χ1v) is 7.89. The minimum atomic E-state index is -0.321. The second-order valence-corrected chi connectivity index (χ2v) is 5.85. The smallest absolute Gasteiger partial charge is 0.258 e. The second-order valence-electron chi connectivity index (χ2n) is 5.41. The molecule has 0 aliphatic carbocycles. The Labute approximate surface area is 153 Å². The Morgan fingerprint density at radius 3 is 2.88 bits per heavy atom. The Morgan fingerprint density at radius 2 is 2.15 bits per heavy atom. The number of nitrogens with zero attached hydrogens (tertiary/aromatic N) is 4. The number of nitrogens with two attached hydrogens (primary N) is 2. The minimum Gasteiger partial charge on any atom is -0.411 e. The van der Waals surface area contributed by atoms with Gasteiger partial charge in [-0.15, -0.1) is 9.94 Å². The number of amides is 1. The predicted octanol–water partition coefficient (Wildman–Crippen LogP) is 1.31. The SMILES string of the molecule is NN/N=C(\N)CN(C(=O)c1cccc(Cl)c1)c1ccc2c(cnn2O)c1. The standard InChI is InChI=1S/C16H16ClN7O2/c17-12-3-1-2-10(6-12)16(25)23(9-15(18)21-22-19)13-4-5-14-11(7-13)8-20-24(14)26/h1-8,22,26H,9,19H2,(H2,18,21). The molecular weight excluding hydrogens is 358 g/mol. The van der Waals surface area contributed by atoms with Crippen LogP contribution in [0, 0.1) is 0 Å². The zero-order chi connectivity index (χ0) is 18.7. The number of benzene rings is 2. The third kappa shape index (κ3) is 3.53. The summed E-state index contributed by atoms with van der Waals surface area (Å²) in [5.41, 5.74) is 9.37. The molecule has 0 saturated heterocycles. The van der Waals surface area contributed by atoms with E-state index in [-0.39, 0.29) is 18.3 Å². The van der Waals surface area contributed by atoms with Gasteiger partial charge in [0.2, 0.25) is 0 Å². The molecule has 0 fully saturated rings. The fourth-order valence-electron chi connectivity index (χ4n) is 2.51. The molecule has 1 heterocycles. The zero-order valence-electron chi connectivity index (χ0n) is 13.5. The van der Waals surface area contributed by atoms with E-state index in [1.54, 1.807) is 42.5 Å². The maximum Gasteiger partial charge on any atom is 0.258 e. The molecule has 10 heteroatoms. The number of hydrogen-bond donors (Lipinski definition) is 4. The Hall–Kier alpha value is -3.30. The molecule has 0 aliphatic rings. The van der Waals surface area contributed by atoms with Gasteiger partial charge in [0, 0.05) is 21.7 Å². The molecule has 0 atom stereocenters. The van der Waals surface area contributed by atoms with Gasteiger partial charge in [-0.3, -0.25) is 4.79 Å². The minimum absolute atomic E-state index is 0.00564. The molecule has 9 nitrogen and oxygen atoms in total. The van der Waals surface area contributed by atoms with Crippen molar-refractivity contribution in [2.45, 2.75) is 0 Å². The summed E-state index contributed by atoms with van der Waals surface area (Å²) in [5.74, 6) is 4.94. The van der Waals surface area contributed by atoms with E-state index in [0.717, 1.165) is 4.85 Å². The number of carbonyl (C=O) groups excluding carboxylic acids is 1. The van der Waals surface area contributed by atoms with Crippen LogP contribution in [0.15, 0.2) is 53.8 Å².